The fraction of sp³-hybridized carbons (Fsp3) is 0.556. The van der Waals surface area contributed by atoms with Crippen molar-refractivity contribution in [2.75, 3.05) is 6.61 Å². The molecule has 7 nitrogen and oxygen atoms in total. The topological polar surface area (TPSA) is 105 Å². The number of rotatable bonds is 2. The molecule has 2 rings (SSSR count). The number of H-pyrrole nitrogens is 1. The number of ether oxygens (including phenoxy) is 1. The van der Waals surface area contributed by atoms with Crippen LogP contribution in [-0.2, 0) is 4.74 Å². The van der Waals surface area contributed by atoms with Gasteiger partial charge in [0.2, 0.25) is 0 Å². The van der Waals surface area contributed by atoms with E-state index in [4.69, 9.17) is 14.4 Å². The SMILES string of the molecule is O=c1ccn(C2CCC(CO)O2)c(=O)[nH]1.OS. The minimum absolute atomic E-state index is 0.0470. The lowest BCUT2D eigenvalue weighted by Crippen LogP contribution is -2.31. The minimum Gasteiger partial charge on any atom is -0.394 e. The van der Waals surface area contributed by atoms with Crippen LogP contribution in [0.2, 0.25) is 0 Å². The first-order valence-electron chi connectivity index (χ1n) is 4.98. The first-order valence-corrected chi connectivity index (χ1v) is 5.38. The number of hydrogen-bond acceptors (Lipinski definition) is 6. The van der Waals surface area contributed by atoms with Crippen LogP contribution in [0.25, 0.3) is 0 Å². The van der Waals surface area contributed by atoms with Crippen LogP contribution in [-0.4, -0.2) is 31.9 Å². The minimum atomic E-state index is -0.480. The normalized spacial score (nSPS) is 23.0. The highest BCUT2D eigenvalue weighted by molar-refractivity contribution is 7.74. The molecule has 0 saturated carbocycles. The molecule has 0 spiro atoms. The molecule has 0 bridgehead atoms. The lowest BCUT2D eigenvalue weighted by Gasteiger charge is -2.13. The summed E-state index contributed by atoms with van der Waals surface area (Å²) in [5, 5.41) is 8.87. The molecule has 8 heteroatoms. The maximum absolute atomic E-state index is 11.4. The predicted molar refractivity (Wildman–Crippen MR) is 63.2 cm³/mol. The Morgan fingerprint density at radius 2 is 2.18 bits per heavy atom. The molecule has 0 radical (unpaired) electrons. The summed E-state index contributed by atoms with van der Waals surface area (Å²) in [6, 6.07) is 1.27. The number of aromatic nitrogens is 2. The number of aliphatic hydroxyl groups excluding tert-OH is 1. The Labute approximate surface area is 102 Å². The van der Waals surface area contributed by atoms with Gasteiger partial charge in [-0.3, -0.25) is 14.3 Å². The van der Waals surface area contributed by atoms with Crippen molar-refractivity contribution >= 4 is 12.9 Å². The van der Waals surface area contributed by atoms with Crippen LogP contribution in [0.5, 0.6) is 0 Å². The zero-order chi connectivity index (χ0) is 12.8. The van der Waals surface area contributed by atoms with E-state index in [1.54, 1.807) is 0 Å². The third kappa shape index (κ3) is 3.43. The Balaban J connectivity index is 0.000000686. The number of nitrogens with one attached hydrogen (secondary N) is 1. The summed E-state index contributed by atoms with van der Waals surface area (Å²) in [7, 11) is 0. The summed E-state index contributed by atoms with van der Waals surface area (Å²) in [6.07, 6.45) is 2.19. The largest absolute Gasteiger partial charge is 0.394 e. The van der Waals surface area contributed by atoms with Crippen LogP contribution < -0.4 is 11.2 Å². The van der Waals surface area contributed by atoms with Crippen LogP contribution in [0.15, 0.2) is 21.9 Å². The monoisotopic (exact) mass is 262 g/mol. The van der Waals surface area contributed by atoms with Crippen molar-refractivity contribution in [1.82, 2.24) is 9.55 Å². The highest BCUT2D eigenvalue weighted by atomic mass is 32.1. The quantitative estimate of drug-likeness (QED) is 0.428. The summed E-state index contributed by atoms with van der Waals surface area (Å²) in [6.45, 7) is -0.0470. The lowest BCUT2D eigenvalue weighted by molar-refractivity contribution is -0.0246. The zero-order valence-electron chi connectivity index (χ0n) is 8.94. The first-order chi connectivity index (χ1) is 8.20. The maximum Gasteiger partial charge on any atom is 0.330 e. The van der Waals surface area contributed by atoms with E-state index in [2.05, 4.69) is 17.9 Å². The van der Waals surface area contributed by atoms with Gasteiger partial charge in [-0.05, 0) is 25.8 Å². The molecule has 3 N–H and O–H groups in total. The standard InChI is InChI=1S/C9H12N2O4.H2OS/c12-5-6-1-2-8(15-6)11-4-3-7(13)10-9(11)14;1-2/h3-4,6,8,12H,1-2,5H2,(H,10,13,14);1-2H. The molecule has 1 fully saturated rings. The van der Waals surface area contributed by atoms with Gasteiger partial charge in [0.15, 0.2) is 0 Å². The van der Waals surface area contributed by atoms with Gasteiger partial charge in [-0.25, -0.2) is 4.79 Å². The highest BCUT2D eigenvalue weighted by Gasteiger charge is 2.26. The smallest absolute Gasteiger partial charge is 0.330 e. The second-order valence-electron chi connectivity index (χ2n) is 3.49. The lowest BCUT2D eigenvalue weighted by atomic mass is 10.2. The van der Waals surface area contributed by atoms with Gasteiger partial charge in [-0.2, -0.15) is 0 Å². The molecule has 17 heavy (non-hydrogen) atoms. The number of hydrogen-bond donors (Lipinski definition) is 4. The van der Waals surface area contributed by atoms with Gasteiger partial charge in [0.25, 0.3) is 5.56 Å². The average Bonchev–Trinajstić information content (AvgIpc) is 2.80. The Hall–Kier alpha value is -1.09. The second-order valence-corrected chi connectivity index (χ2v) is 3.49. The number of aromatic amines is 1. The van der Waals surface area contributed by atoms with E-state index in [-0.39, 0.29) is 18.9 Å². The fourth-order valence-corrected chi connectivity index (χ4v) is 1.68. The van der Waals surface area contributed by atoms with Gasteiger partial charge >= 0.3 is 5.69 Å². The van der Waals surface area contributed by atoms with Gasteiger partial charge < -0.3 is 14.4 Å². The Kier molecular flexibility index (Phi) is 5.42. The molecule has 1 aliphatic rings. The second kappa shape index (κ2) is 6.60. The number of nitrogens with zero attached hydrogens (tertiary/aromatic N) is 1. The van der Waals surface area contributed by atoms with E-state index in [9.17, 15) is 9.59 Å². The van der Waals surface area contributed by atoms with E-state index in [1.165, 1.54) is 16.8 Å². The fourth-order valence-electron chi connectivity index (χ4n) is 1.68. The Morgan fingerprint density at radius 3 is 2.71 bits per heavy atom. The molecule has 1 aromatic heterocycles. The molecule has 2 heterocycles. The summed E-state index contributed by atoms with van der Waals surface area (Å²) in [4.78, 5) is 24.4. The van der Waals surface area contributed by atoms with Crippen molar-refractivity contribution in [3.8, 4) is 0 Å². The van der Waals surface area contributed by atoms with Crippen LogP contribution in [0.4, 0.5) is 0 Å². The van der Waals surface area contributed by atoms with Crippen LogP contribution >= 0.6 is 12.9 Å². The first kappa shape index (κ1) is 14.0. The van der Waals surface area contributed by atoms with Crippen molar-refractivity contribution in [2.45, 2.75) is 25.2 Å². The molecule has 0 aromatic carbocycles. The molecule has 2 unspecified atom stereocenters. The Bertz CT molecular complexity index is 457. The van der Waals surface area contributed by atoms with E-state index in [0.29, 0.717) is 12.8 Å². The van der Waals surface area contributed by atoms with Crippen molar-refractivity contribution in [3.63, 3.8) is 0 Å². The highest BCUT2D eigenvalue weighted by Crippen LogP contribution is 2.26. The van der Waals surface area contributed by atoms with E-state index >= 15 is 0 Å². The molecular weight excluding hydrogens is 248 g/mol. The zero-order valence-corrected chi connectivity index (χ0v) is 9.84. The number of aliphatic hydroxyl groups is 1. The molecule has 2 atom stereocenters. The summed E-state index contributed by atoms with van der Waals surface area (Å²) < 4.78 is 13.4. The molecule has 1 aliphatic heterocycles. The summed E-state index contributed by atoms with van der Waals surface area (Å²) >= 11 is 2.53. The van der Waals surface area contributed by atoms with Crippen molar-refractivity contribution in [1.29, 1.82) is 0 Å². The molecule has 1 aromatic rings. The van der Waals surface area contributed by atoms with E-state index in [1.807, 2.05) is 0 Å². The maximum atomic E-state index is 11.4. The van der Waals surface area contributed by atoms with Gasteiger partial charge in [0, 0.05) is 12.3 Å². The van der Waals surface area contributed by atoms with Crippen LogP contribution in [0.3, 0.4) is 0 Å². The average molecular weight is 262 g/mol. The van der Waals surface area contributed by atoms with Gasteiger partial charge in [0.05, 0.1) is 12.7 Å². The van der Waals surface area contributed by atoms with Crippen molar-refractivity contribution in [3.05, 3.63) is 33.1 Å². The molecule has 0 aliphatic carbocycles. The molecule has 1 saturated heterocycles. The summed E-state index contributed by atoms with van der Waals surface area (Å²) in [5.74, 6) is 0. The molecule has 96 valence electrons. The molecular formula is C9H14N2O5S. The van der Waals surface area contributed by atoms with E-state index in [0.717, 1.165) is 0 Å². The molecule has 0 amide bonds. The summed E-state index contributed by atoms with van der Waals surface area (Å²) in [5.41, 5.74) is -0.904. The van der Waals surface area contributed by atoms with Gasteiger partial charge in [-0.15, -0.1) is 0 Å². The third-order valence-corrected chi connectivity index (χ3v) is 2.45. The number of thiol groups is 1. The van der Waals surface area contributed by atoms with Crippen molar-refractivity contribution < 1.29 is 14.4 Å². The van der Waals surface area contributed by atoms with Crippen LogP contribution in [0.1, 0.15) is 19.1 Å². The van der Waals surface area contributed by atoms with E-state index < -0.39 is 11.2 Å². The van der Waals surface area contributed by atoms with Crippen LogP contribution in [0, 0.1) is 0 Å². The van der Waals surface area contributed by atoms with Crippen molar-refractivity contribution in [2.24, 2.45) is 0 Å². The Morgan fingerprint density at radius 1 is 1.47 bits per heavy atom. The predicted octanol–water partition coefficient (Wildman–Crippen LogP) is -0.404. The third-order valence-electron chi connectivity index (χ3n) is 2.45. The van der Waals surface area contributed by atoms with Gasteiger partial charge in [-0.1, -0.05) is 0 Å². The van der Waals surface area contributed by atoms with Gasteiger partial charge in [0.1, 0.15) is 6.23 Å².